The molecule has 0 aromatic carbocycles. The summed E-state index contributed by atoms with van der Waals surface area (Å²) in [6, 6.07) is 11.6. The lowest BCUT2D eigenvalue weighted by atomic mass is 10.3. The van der Waals surface area contributed by atoms with Gasteiger partial charge in [0.25, 0.3) is 0 Å². The summed E-state index contributed by atoms with van der Waals surface area (Å²) in [5.41, 5.74) is 1.89. The van der Waals surface area contributed by atoms with Crippen LogP contribution in [0.1, 0.15) is 11.4 Å². The Balaban J connectivity index is 1.65. The second-order valence-electron chi connectivity index (χ2n) is 4.52. The van der Waals surface area contributed by atoms with Crippen LogP contribution in [0.3, 0.4) is 0 Å². The van der Waals surface area contributed by atoms with Gasteiger partial charge in [0, 0.05) is 31.4 Å². The average Bonchev–Trinajstić information content (AvgIpc) is 2.83. The monoisotopic (exact) mass is 262 g/mol. The Hall–Kier alpha value is -2.62. The van der Waals surface area contributed by atoms with Gasteiger partial charge in [-0.15, -0.1) is 0 Å². The van der Waals surface area contributed by atoms with Crippen LogP contribution in [-0.4, -0.2) is 19.8 Å². The fraction of sp³-hybridized carbons (Fsp3) is 0.125. The molecule has 98 valence electrons. The maximum atomic E-state index is 8.20. The maximum Gasteiger partial charge on any atom is 0.122 e. The Morgan fingerprint density at radius 1 is 0.800 bits per heavy atom. The van der Waals surface area contributed by atoms with Crippen molar-refractivity contribution in [2.75, 3.05) is 0 Å². The third-order valence-corrected chi connectivity index (χ3v) is 3.09. The summed E-state index contributed by atoms with van der Waals surface area (Å²) >= 11 is 0. The zero-order chi connectivity index (χ0) is 13.8. The summed E-state index contributed by atoms with van der Waals surface area (Å²) in [6.45, 7) is 9.41. The van der Waals surface area contributed by atoms with E-state index in [1.165, 1.54) is 0 Å². The van der Waals surface area contributed by atoms with Crippen LogP contribution in [-0.2, 0) is 13.1 Å². The Morgan fingerprint density at radius 3 is 1.70 bits per heavy atom. The van der Waals surface area contributed by atoms with Gasteiger partial charge >= 0.3 is 0 Å². The Bertz CT molecular complexity index is 553. The molecule has 0 unspecified atom stereocenters. The molecule has 2 aromatic heterocycles. The van der Waals surface area contributed by atoms with Crippen LogP contribution in [0.15, 0.2) is 67.0 Å². The normalized spacial score (nSPS) is 14.1. The topological polar surface area (TPSA) is 32.3 Å². The molecule has 3 rings (SSSR count). The van der Waals surface area contributed by atoms with Crippen molar-refractivity contribution in [1.82, 2.24) is 19.8 Å². The molecule has 4 nitrogen and oxygen atoms in total. The first-order chi connectivity index (χ1) is 9.83. The second kappa shape index (κ2) is 5.57. The largest absolute Gasteiger partial charge is 0.326 e. The molecule has 0 spiro atoms. The summed E-state index contributed by atoms with van der Waals surface area (Å²) in [6.07, 6.45) is 7.34. The van der Waals surface area contributed by atoms with Crippen molar-refractivity contribution < 1.29 is 0 Å². The minimum Gasteiger partial charge on any atom is -0.326 e. The molecule has 4 heteroatoms. The van der Waals surface area contributed by atoms with Crippen LogP contribution in [0.4, 0.5) is 0 Å². The van der Waals surface area contributed by atoms with E-state index in [2.05, 4.69) is 9.97 Å². The van der Waals surface area contributed by atoms with E-state index in [0.29, 0.717) is 18.9 Å². The average molecular weight is 262 g/mol. The third kappa shape index (κ3) is 2.69. The Labute approximate surface area is 118 Å². The molecule has 0 bridgehead atoms. The first-order valence-corrected chi connectivity index (χ1v) is 6.43. The Morgan fingerprint density at radius 2 is 1.30 bits per heavy atom. The smallest absolute Gasteiger partial charge is 0.122 e. The van der Waals surface area contributed by atoms with Gasteiger partial charge in [0.1, 0.15) is 5.82 Å². The van der Waals surface area contributed by atoms with Crippen LogP contribution in [0.25, 0.3) is 0 Å². The van der Waals surface area contributed by atoms with Gasteiger partial charge in [-0.25, -0.2) is 0 Å². The van der Waals surface area contributed by atoms with Crippen LogP contribution in [0, 0.1) is 6.58 Å². The molecular formula is C16H14N4. The van der Waals surface area contributed by atoms with E-state index in [4.69, 9.17) is 6.58 Å². The lowest BCUT2D eigenvalue weighted by Gasteiger charge is -2.22. The van der Waals surface area contributed by atoms with Crippen molar-refractivity contribution in [2.45, 2.75) is 13.1 Å². The molecule has 0 saturated heterocycles. The third-order valence-electron chi connectivity index (χ3n) is 3.09. The molecule has 0 amide bonds. The minimum absolute atomic E-state index is 0.446. The predicted octanol–water partition coefficient (Wildman–Crippen LogP) is 2.42. The molecule has 1 aliphatic rings. The molecule has 3 heterocycles. The van der Waals surface area contributed by atoms with Gasteiger partial charge in [-0.1, -0.05) is 12.1 Å². The number of pyridine rings is 2. The molecule has 0 atom stereocenters. The summed E-state index contributed by atoms with van der Waals surface area (Å²) in [5.74, 6) is 0.446. The minimum atomic E-state index is 0.446. The van der Waals surface area contributed by atoms with Gasteiger partial charge in [0.2, 0.25) is 0 Å². The summed E-state index contributed by atoms with van der Waals surface area (Å²) in [5, 5.41) is 0. The Kier molecular flexibility index (Phi) is 3.46. The van der Waals surface area contributed by atoms with E-state index in [9.17, 15) is 0 Å². The molecule has 0 N–H and O–H groups in total. The van der Waals surface area contributed by atoms with Crippen LogP contribution >= 0.6 is 0 Å². The molecule has 20 heavy (non-hydrogen) atoms. The zero-order valence-electron chi connectivity index (χ0n) is 11.0. The number of hydrogen-bond donors (Lipinski definition) is 0. The van der Waals surface area contributed by atoms with Gasteiger partial charge in [0.15, 0.2) is 0 Å². The zero-order valence-corrected chi connectivity index (χ0v) is 11.0. The second-order valence-corrected chi connectivity index (χ2v) is 4.52. The van der Waals surface area contributed by atoms with E-state index < -0.39 is 0 Å². The predicted molar refractivity (Wildman–Crippen MR) is 75.5 cm³/mol. The van der Waals surface area contributed by atoms with Crippen LogP contribution < -0.4 is 0 Å². The highest BCUT2D eigenvalue weighted by atomic mass is 15.4. The van der Waals surface area contributed by atoms with Crippen molar-refractivity contribution in [3.8, 4) is 0 Å². The number of hydrogen-bond acceptors (Lipinski definition) is 4. The molecule has 1 aliphatic heterocycles. The van der Waals surface area contributed by atoms with Crippen molar-refractivity contribution in [2.24, 2.45) is 0 Å². The van der Waals surface area contributed by atoms with E-state index in [-0.39, 0.29) is 0 Å². The number of rotatable bonds is 4. The molecule has 2 radical (unpaired) electrons. The van der Waals surface area contributed by atoms with E-state index in [1.54, 1.807) is 12.4 Å². The van der Waals surface area contributed by atoms with E-state index >= 15 is 0 Å². The maximum absolute atomic E-state index is 8.20. The molecule has 0 fully saturated rings. The highest BCUT2D eigenvalue weighted by molar-refractivity contribution is 5.15. The summed E-state index contributed by atoms with van der Waals surface area (Å²) in [7, 11) is 0. The quantitative estimate of drug-likeness (QED) is 0.847. The molecule has 0 saturated carbocycles. The van der Waals surface area contributed by atoms with Crippen molar-refractivity contribution in [3.63, 3.8) is 0 Å². The van der Waals surface area contributed by atoms with Gasteiger partial charge in [-0.05, 0) is 24.3 Å². The lowest BCUT2D eigenvalue weighted by Crippen LogP contribution is -2.22. The fourth-order valence-electron chi connectivity index (χ4n) is 2.05. The highest BCUT2D eigenvalue weighted by Gasteiger charge is 2.19. The first-order valence-electron chi connectivity index (χ1n) is 6.43. The standard InChI is InChI=1S/C16H14N4/c1-14-19(12-15-6-2-4-8-17-15)10-11-20(14)13-16-7-3-5-9-18-16/h2-11H,12-13H2. The van der Waals surface area contributed by atoms with Crippen LogP contribution in [0.2, 0.25) is 0 Å². The number of aromatic nitrogens is 2. The van der Waals surface area contributed by atoms with Gasteiger partial charge in [-0.2, -0.15) is 0 Å². The lowest BCUT2D eigenvalue weighted by molar-refractivity contribution is 0.343. The van der Waals surface area contributed by atoms with Gasteiger partial charge in [0.05, 0.1) is 24.5 Å². The van der Waals surface area contributed by atoms with E-state index in [0.717, 1.165) is 11.4 Å². The van der Waals surface area contributed by atoms with Crippen molar-refractivity contribution >= 4 is 0 Å². The SMILES string of the molecule is [C]=C1N(Cc2ccccn2)C=CN1Cc1ccccn1. The molecule has 2 aromatic rings. The summed E-state index contributed by atoms with van der Waals surface area (Å²) in [4.78, 5) is 12.3. The molecular weight excluding hydrogens is 248 g/mol. The van der Waals surface area contributed by atoms with Crippen LogP contribution in [0.5, 0.6) is 0 Å². The molecule has 0 aliphatic carbocycles. The van der Waals surface area contributed by atoms with Crippen molar-refractivity contribution in [3.05, 3.63) is 85.0 Å². The van der Waals surface area contributed by atoms with Gasteiger partial charge in [-0.3, -0.25) is 9.97 Å². The fourth-order valence-corrected chi connectivity index (χ4v) is 2.05. The summed E-state index contributed by atoms with van der Waals surface area (Å²) < 4.78 is 0. The van der Waals surface area contributed by atoms with E-state index in [1.807, 2.05) is 58.6 Å². The van der Waals surface area contributed by atoms with Gasteiger partial charge < -0.3 is 9.80 Å². The highest BCUT2D eigenvalue weighted by Crippen LogP contribution is 2.21. The number of nitrogens with zero attached hydrogens (tertiary/aromatic N) is 4. The first kappa shape index (κ1) is 12.4. The van der Waals surface area contributed by atoms with Crippen molar-refractivity contribution in [1.29, 1.82) is 0 Å².